The zero-order valence-electron chi connectivity index (χ0n) is 16.7. The molecule has 1 saturated heterocycles. The van der Waals surface area contributed by atoms with Gasteiger partial charge in [0.15, 0.2) is 6.29 Å². The van der Waals surface area contributed by atoms with Gasteiger partial charge in [-0.25, -0.2) is 4.79 Å². The van der Waals surface area contributed by atoms with E-state index in [1.54, 1.807) is 0 Å². The molecule has 0 saturated carbocycles. The van der Waals surface area contributed by atoms with E-state index < -0.39 is 43.3 Å². The average molecular weight is 416 g/mol. The molecule has 166 valence electrons. The first-order valence-electron chi connectivity index (χ1n) is 10.2. The number of carbonyl (C=O) groups is 1. The van der Waals surface area contributed by atoms with Crippen molar-refractivity contribution >= 4 is 5.97 Å². The van der Waals surface area contributed by atoms with Gasteiger partial charge in [-0.15, -0.1) is 0 Å². The second kappa shape index (κ2) is 12.3. The number of ether oxygens (including phenoxy) is 3. The number of carbonyl (C=O) groups excluding carboxylic acids is 1. The fraction of sp³-hybridized carbons (Fsp3) is 0.750. The molecule has 0 aliphatic carbocycles. The molecule has 0 spiro atoms. The largest absolute Gasteiger partial charge is 0.460 e. The normalized spacial score (nSPS) is 27.1. The Kier molecular flexibility index (Phi) is 10.1. The summed E-state index contributed by atoms with van der Waals surface area (Å²) in [6.45, 7) is 1.81. The third kappa shape index (κ3) is 7.06. The van der Waals surface area contributed by atoms with Crippen LogP contribution in [0.5, 0.6) is 0 Å². The number of rotatable bonds is 12. The molecule has 1 aliphatic heterocycles. The maximum Gasteiger partial charge on any atom is 0.374 e. The summed E-state index contributed by atoms with van der Waals surface area (Å²) < 4.78 is 21.2. The van der Waals surface area contributed by atoms with E-state index >= 15 is 0 Å². The number of furan rings is 1. The monoisotopic (exact) mass is 416 g/mol. The molecule has 1 aromatic rings. The molecule has 9 heteroatoms. The van der Waals surface area contributed by atoms with E-state index in [0.29, 0.717) is 12.4 Å². The van der Waals surface area contributed by atoms with E-state index in [0.717, 1.165) is 19.3 Å². The highest BCUT2D eigenvalue weighted by Crippen LogP contribution is 2.23. The quantitative estimate of drug-likeness (QED) is 0.291. The zero-order chi connectivity index (χ0) is 21.2. The topological polar surface area (TPSA) is 139 Å². The van der Waals surface area contributed by atoms with E-state index in [1.165, 1.54) is 31.4 Å². The Morgan fingerprint density at radius 1 is 1.03 bits per heavy atom. The maximum atomic E-state index is 12.0. The number of unbranched alkanes of at least 4 members (excludes halogenated alkanes) is 5. The van der Waals surface area contributed by atoms with Crippen molar-refractivity contribution in [3.63, 3.8) is 0 Å². The molecule has 0 bridgehead atoms. The Morgan fingerprint density at radius 3 is 2.48 bits per heavy atom. The highest BCUT2D eigenvalue weighted by Gasteiger charge is 2.44. The molecule has 0 amide bonds. The smallest absolute Gasteiger partial charge is 0.374 e. The lowest BCUT2D eigenvalue weighted by molar-refractivity contribution is -0.304. The Bertz CT molecular complexity index is 601. The Labute approximate surface area is 170 Å². The highest BCUT2D eigenvalue weighted by atomic mass is 16.7. The molecule has 1 aliphatic rings. The van der Waals surface area contributed by atoms with Crippen LogP contribution in [0, 0.1) is 0 Å². The van der Waals surface area contributed by atoms with Crippen molar-refractivity contribution in [3.8, 4) is 0 Å². The predicted molar refractivity (Wildman–Crippen MR) is 101 cm³/mol. The minimum absolute atomic E-state index is 0.0448. The van der Waals surface area contributed by atoms with Crippen molar-refractivity contribution in [2.24, 2.45) is 0 Å². The third-order valence-corrected chi connectivity index (χ3v) is 4.83. The first-order chi connectivity index (χ1) is 14.0. The first-order valence-corrected chi connectivity index (χ1v) is 10.2. The van der Waals surface area contributed by atoms with E-state index in [9.17, 15) is 25.2 Å². The molecule has 0 radical (unpaired) electrons. The van der Waals surface area contributed by atoms with Crippen LogP contribution < -0.4 is 0 Å². The molecule has 0 unspecified atom stereocenters. The van der Waals surface area contributed by atoms with Crippen LogP contribution in [0.15, 0.2) is 16.5 Å². The fourth-order valence-corrected chi connectivity index (χ4v) is 3.05. The van der Waals surface area contributed by atoms with Crippen LogP contribution in [0.25, 0.3) is 0 Å². The standard InChI is InChI=1S/C20H32O9/c1-2-3-4-5-6-7-10-26-19(25)14-9-8-13(28-14)12-27-20-18(24)17(23)16(22)15(11-21)29-20/h8-9,15-18,20-24H,2-7,10-12H2,1H3/t15-,16-,17+,18-,20-/m1/s1. The summed E-state index contributed by atoms with van der Waals surface area (Å²) in [6.07, 6.45) is -0.220. The van der Waals surface area contributed by atoms with Crippen molar-refractivity contribution in [1.29, 1.82) is 0 Å². The molecule has 2 heterocycles. The Balaban J connectivity index is 1.73. The summed E-state index contributed by atoms with van der Waals surface area (Å²) >= 11 is 0. The van der Waals surface area contributed by atoms with E-state index in [4.69, 9.17) is 18.6 Å². The van der Waals surface area contributed by atoms with Crippen LogP contribution in [-0.2, 0) is 20.8 Å². The molecule has 5 atom stereocenters. The SMILES string of the molecule is CCCCCCCCOC(=O)c1ccc(CO[C@@H]2O[C@H](CO)[C@@H](O)[C@H](O)[C@H]2O)o1. The fourth-order valence-electron chi connectivity index (χ4n) is 3.05. The van der Waals surface area contributed by atoms with Gasteiger partial charge < -0.3 is 39.1 Å². The second-order valence-electron chi connectivity index (χ2n) is 7.18. The molecule has 2 rings (SSSR count). The molecule has 1 fully saturated rings. The molecule has 0 aromatic carbocycles. The van der Waals surface area contributed by atoms with Gasteiger partial charge in [0.25, 0.3) is 0 Å². The van der Waals surface area contributed by atoms with Gasteiger partial charge in [-0.2, -0.15) is 0 Å². The Morgan fingerprint density at radius 2 is 1.76 bits per heavy atom. The van der Waals surface area contributed by atoms with Crippen LogP contribution in [0.3, 0.4) is 0 Å². The minimum atomic E-state index is -1.52. The summed E-state index contributed by atoms with van der Waals surface area (Å²) in [5.74, 6) is -0.213. The molecular formula is C20H32O9. The summed E-state index contributed by atoms with van der Waals surface area (Å²) in [6, 6.07) is 3.00. The van der Waals surface area contributed by atoms with E-state index in [2.05, 4.69) is 6.92 Å². The number of hydrogen-bond donors (Lipinski definition) is 4. The van der Waals surface area contributed by atoms with Crippen molar-refractivity contribution < 1.29 is 43.8 Å². The van der Waals surface area contributed by atoms with Crippen LogP contribution in [-0.4, -0.2) is 70.3 Å². The predicted octanol–water partition coefficient (Wildman–Crippen LogP) is 1.11. The van der Waals surface area contributed by atoms with Gasteiger partial charge in [0.1, 0.15) is 36.8 Å². The summed E-state index contributed by atoms with van der Waals surface area (Å²) in [5, 5.41) is 38.6. The summed E-state index contributed by atoms with van der Waals surface area (Å²) in [7, 11) is 0. The van der Waals surface area contributed by atoms with Gasteiger partial charge >= 0.3 is 5.97 Å². The van der Waals surface area contributed by atoms with Crippen LogP contribution >= 0.6 is 0 Å². The van der Waals surface area contributed by atoms with Gasteiger partial charge in [0.2, 0.25) is 5.76 Å². The van der Waals surface area contributed by atoms with Gasteiger partial charge in [-0.3, -0.25) is 0 Å². The average Bonchev–Trinajstić information content (AvgIpc) is 3.20. The molecular weight excluding hydrogens is 384 g/mol. The minimum Gasteiger partial charge on any atom is -0.460 e. The van der Waals surface area contributed by atoms with Crippen molar-refractivity contribution in [1.82, 2.24) is 0 Å². The summed E-state index contributed by atoms with van der Waals surface area (Å²) in [4.78, 5) is 12.0. The second-order valence-corrected chi connectivity index (χ2v) is 7.18. The number of hydrogen-bond acceptors (Lipinski definition) is 9. The van der Waals surface area contributed by atoms with E-state index in [-0.39, 0.29) is 12.4 Å². The molecule has 1 aromatic heterocycles. The van der Waals surface area contributed by atoms with Crippen molar-refractivity contribution in [3.05, 3.63) is 23.7 Å². The lowest BCUT2D eigenvalue weighted by atomic mass is 9.99. The lowest BCUT2D eigenvalue weighted by Gasteiger charge is -2.39. The van der Waals surface area contributed by atoms with Crippen molar-refractivity contribution in [2.75, 3.05) is 13.2 Å². The maximum absolute atomic E-state index is 12.0. The molecule has 4 N–H and O–H groups in total. The number of aliphatic hydroxyl groups excluding tert-OH is 4. The molecule has 9 nitrogen and oxygen atoms in total. The van der Waals surface area contributed by atoms with Crippen LogP contribution in [0.4, 0.5) is 0 Å². The van der Waals surface area contributed by atoms with Gasteiger partial charge in [-0.05, 0) is 18.6 Å². The zero-order valence-corrected chi connectivity index (χ0v) is 16.7. The van der Waals surface area contributed by atoms with Crippen LogP contribution in [0.1, 0.15) is 61.8 Å². The lowest BCUT2D eigenvalue weighted by Crippen LogP contribution is -2.59. The first kappa shape index (κ1) is 23.8. The number of aliphatic hydroxyl groups is 4. The Hall–Kier alpha value is -1.49. The van der Waals surface area contributed by atoms with Gasteiger partial charge in [0.05, 0.1) is 13.2 Å². The third-order valence-electron chi connectivity index (χ3n) is 4.83. The van der Waals surface area contributed by atoms with Crippen molar-refractivity contribution in [2.45, 2.75) is 82.8 Å². The number of esters is 1. The van der Waals surface area contributed by atoms with Gasteiger partial charge in [-0.1, -0.05) is 39.0 Å². The van der Waals surface area contributed by atoms with E-state index in [1.807, 2.05) is 0 Å². The summed E-state index contributed by atoms with van der Waals surface area (Å²) in [5.41, 5.74) is 0. The van der Waals surface area contributed by atoms with Gasteiger partial charge in [0, 0.05) is 0 Å². The highest BCUT2D eigenvalue weighted by molar-refractivity contribution is 5.86. The molecule has 29 heavy (non-hydrogen) atoms. The van der Waals surface area contributed by atoms with Crippen LogP contribution in [0.2, 0.25) is 0 Å².